The summed E-state index contributed by atoms with van der Waals surface area (Å²) in [5.41, 5.74) is -1.75. The summed E-state index contributed by atoms with van der Waals surface area (Å²) in [6.07, 6.45) is -0.366. The number of aliphatic imine (C=N–C) groups is 1. The number of ether oxygens (including phenoxy) is 1. The van der Waals surface area contributed by atoms with Crippen LogP contribution in [-0.2, 0) is 10.3 Å². The van der Waals surface area contributed by atoms with Crippen molar-refractivity contribution in [1.82, 2.24) is 4.90 Å². The first-order valence-electron chi connectivity index (χ1n) is 10.2. The Hall–Kier alpha value is -1.71. The van der Waals surface area contributed by atoms with Gasteiger partial charge in [-0.2, -0.15) is 0 Å². The molecule has 31 heavy (non-hydrogen) atoms. The second-order valence-corrected chi connectivity index (χ2v) is 16.6. The first kappa shape index (κ1) is 25.5. The van der Waals surface area contributed by atoms with Crippen LogP contribution in [0.4, 0.5) is 13.6 Å². The summed E-state index contributed by atoms with van der Waals surface area (Å²) in [6, 6.07) is 4.80. The van der Waals surface area contributed by atoms with Gasteiger partial charge in [-0.3, -0.25) is 0 Å². The van der Waals surface area contributed by atoms with Crippen LogP contribution in [0.25, 0.3) is 0 Å². The highest BCUT2D eigenvalue weighted by molar-refractivity contribution is 8.16. The van der Waals surface area contributed by atoms with E-state index in [0.29, 0.717) is 6.61 Å². The lowest BCUT2D eigenvalue weighted by Crippen LogP contribution is -2.51. The highest BCUT2D eigenvalue weighted by atomic mass is 32.2. The third-order valence-corrected chi connectivity index (χ3v) is 7.38. The van der Waals surface area contributed by atoms with E-state index < -0.39 is 43.0 Å². The van der Waals surface area contributed by atoms with Crippen molar-refractivity contribution in [2.75, 3.05) is 6.61 Å². The zero-order valence-electron chi connectivity index (χ0n) is 19.2. The Morgan fingerprint density at radius 2 is 1.97 bits per heavy atom. The van der Waals surface area contributed by atoms with Crippen molar-refractivity contribution in [1.29, 1.82) is 0 Å². The van der Waals surface area contributed by atoms with Gasteiger partial charge in [0.25, 0.3) is 0 Å². The van der Waals surface area contributed by atoms with Crippen LogP contribution in [0.3, 0.4) is 0 Å². The molecule has 0 aliphatic carbocycles. The molecule has 1 N–H and O–H groups in total. The summed E-state index contributed by atoms with van der Waals surface area (Å²) in [4.78, 5) is 18.0. The van der Waals surface area contributed by atoms with E-state index in [9.17, 15) is 18.7 Å². The van der Waals surface area contributed by atoms with Crippen LogP contribution >= 0.6 is 11.8 Å². The zero-order valence-corrected chi connectivity index (χ0v) is 21.0. The molecule has 0 radical (unpaired) electrons. The van der Waals surface area contributed by atoms with Crippen molar-refractivity contribution in [3.05, 3.63) is 46.9 Å². The highest BCUT2D eigenvalue weighted by Crippen LogP contribution is 2.38. The van der Waals surface area contributed by atoms with Gasteiger partial charge in [-0.25, -0.2) is 23.5 Å². The van der Waals surface area contributed by atoms with Crippen LogP contribution in [0.15, 0.2) is 34.7 Å². The summed E-state index contributed by atoms with van der Waals surface area (Å²) in [5.74, 6) is -1.97. The van der Waals surface area contributed by atoms with Gasteiger partial charge in [0.1, 0.15) is 11.8 Å². The molecule has 1 aliphatic rings. The van der Waals surface area contributed by atoms with E-state index in [1.807, 2.05) is 20.8 Å². The quantitative estimate of drug-likeness (QED) is 0.381. The number of benzene rings is 1. The topological polar surface area (TPSA) is 62.1 Å². The van der Waals surface area contributed by atoms with Crippen molar-refractivity contribution < 1.29 is 23.4 Å². The maximum atomic E-state index is 14.5. The van der Waals surface area contributed by atoms with E-state index in [1.54, 1.807) is 18.4 Å². The van der Waals surface area contributed by atoms with Crippen LogP contribution in [0.1, 0.15) is 33.3 Å². The molecule has 1 heterocycles. The molecule has 2 rings (SSSR count). The fourth-order valence-electron chi connectivity index (χ4n) is 3.12. The zero-order chi connectivity index (χ0) is 23.6. The summed E-state index contributed by atoms with van der Waals surface area (Å²) >= 11 is 1.12. The third-order valence-electron chi connectivity index (χ3n) is 4.91. The smallest absolute Gasteiger partial charge is 0.415 e. The average Bonchev–Trinajstić information content (AvgIpc) is 2.61. The Labute approximate surface area is 188 Å². The molecule has 9 heteroatoms. The van der Waals surface area contributed by atoms with Crippen LogP contribution < -0.4 is 0 Å². The van der Waals surface area contributed by atoms with Crippen molar-refractivity contribution in [3.8, 4) is 0 Å². The van der Waals surface area contributed by atoms with Gasteiger partial charge in [-0.1, -0.05) is 64.3 Å². The lowest BCUT2D eigenvalue weighted by molar-refractivity contribution is -0.0759. The molecular weight excluding hydrogens is 438 g/mol. The Morgan fingerprint density at radius 3 is 2.52 bits per heavy atom. The van der Waals surface area contributed by atoms with Crippen molar-refractivity contribution >= 4 is 31.1 Å². The van der Waals surface area contributed by atoms with Crippen LogP contribution in [-0.4, -0.2) is 42.2 Å². The minimum atomic E-state index is -1.38. The van der Waals surface area contributed by atoms with Gasteiger partial charge in [0.05, 0.1) is 0 Å². The average molecular weight is 471 g/mol. The van der Waals surface area contributed by atoms with Gasteiger partial charge < -0.3 is 9.84 Å². The summed E-state index contributed by atoms with van der Waals surface area (Å²) in [7, 11) is -1.38. The molecule has 2 atom stereocenters. The van der Waals surface area contributed by atoms with Gasteiger partial charge in [0.2, 0.25) is 0 Å². The van der Waals surface area contributed by atoms with Crippen molar-refractivity contribution in [3.63, 3.8) is 0 Å². The largest absolute Gasteiger partial charge is 0.465 e. The number of amides is 1. The number of nitrogens with zero attached hydrogens (tertiary/aromatic N) is 2. The fourth-order valence-corrected chi connectivity index (χ4v) is 4.83. The second-order valence-electron chi connectivity index (χ2n) is 10.1. The second kappa shape index (κ2) is 9.42. The standard InChI is InChI=1S/C22H32F2N2O3SSi/c1-21(2,3)18(29-12-14-31(5,6)7)26(20(27)28)19-25-22(4,11-13-30-19)15-9-8-10-16(23)17(15)24/h8-11,13,18H,12,14H2,1-7H3,(H,27,28)/t18-,22?/m0/s1. The lowest BCUT2D eigenvalue weighted by Gasteiger charge is -2.40. The highest BCUT2D eigenvalue weighted by Gasteiger charge is 2.40. The maximum absolute atomic E-state index is 14.5. The number of amidine groups is 1. The summed E-state index contributed by atoms with van der Waals surface area (Å²) < 4.78 is 34.4. The number of rotatable bonds is 6. The number of halogens is 2. The molecule has 0 spiro atoms. The number of carbonyl (C=O) groups is 1. The van der Waals surface area contributed by atoms with Gasteiger partial charge >= 0.3 is 6.09 Å². The molecule has 5 nitrogen and oxygen atoms in total. The normalized spacial score (nSPS) is 20.4. The summed E-state index contributed by atoms with van der Waals surface area (Å²) in [6.45, 7) is 14.4. The predicted molar refractivity (Wildman–Crippen MR) is 125 cm³/mol. The molecule has 1 unspecified atom stereocenters. The van der Waals surface area contributed by atoms with E-state index in [-0.39, 0.29) is 10.7 Å². The van der Waals surface area contributed by atoms with E-state index in [4.69, 9.17) is 4.74 Å². The van der Waals surface area contributed by atoms with Crippen LogP contribution in [0.5, 0.6) is 0 Å². The molecule has 0 aromatic heterocycles. The predicted octanol–water partition coefficient (Wildman–Crippen LogP) is 6.50. The number of hydrogen-bond donors (Lipinski definition) is 1. The Morgan fingerprint density at radius 1 is 1.32 bits per heavy atom. The number of carboxylic acid groups (broad SMARTS) is 1. The first-order chi connectivity index (χ1) is 14.2. The number of hydrogen-bond acceptors (Lipinski definition) is 4. The molecule has 0 saturated heterocycles. The van der Waals surface area contributed by atoms with E-state index >= 15 is 0 Å². The molecule has 1 amide bonds. The van der Waals surface area contributed by atoms with Crippen molar-refractivity contribution in [2.45, 2.75) is 65.1 Å². The monoisotopic (exact) mass is 470 g/mol. The molecule has 1 aliphatic heterocycles. The van der Waals surface area contributed by atoms with Crippen LogP contribution in [0.2, 0.25) is 25.7 Å². The minimum Gasteiger partial charge on any atom is -0.465 e. The Balaban J connectivity index is 2.46. The fraction of sp³-hybridized carbons (Fsp3) is 0.545. The molecule has 0 bridgehead atoms. The summed E-state index contributed by atoms with van der Waals surface area (Å²) in [5, 5.41) is 11.9. The van der Waals surface area contributed by atoms with Gasteiger partial charge in [-0.05, 0) is 30.5 Å². The Bertz CT molecular complexity index is 880. The third kappa shape index (κ3) is 6.39. The molecular formula is C22H32F2N2O3SSi. The van der Waals surface area contributed by atoms with E-state index in [2.05, 4.69) is 24.6 Å². The van der Waals surface area contributed by atoms with Crippen molar-refractivity contribution in [2.24, 2.45) is 10.4 Å². The van der Waals surface area contributed by atoms with E-state index in [0.717, 1.165) is 28.8 Å². The number of thioether (sulfide) groups is 1. The molecule has 172 valence electrons. The van der Waals surface area contributed by atoms with E-state index in [1.165, 1.54) is 12.1 Å². The maximum Gasteiger partial charge on any atom is 0.415 e. The SMILES string of the molecule is CC1(c2cccc(F)c2F)C=CSC(N(C(=O)O)[C@@H](OCC[Si](C)(C)C)C(C)(C)C)=N1. The Kier molecular flexibility index (Phi) is 7.76. The van der Waals surface area contributed by atoms with Crippen LogP contribution in [0, 0.1) is 17.0 Å². The minimum absolute atomic E-state index is 0.0406. The molecule has 0 saturated carbocycles. The molecule has 1 aromatic carbocycles. The lowest BCUT2D eigenvalue weighted by atomic mass is 9.92. The van der Waals surface area contributed by atoms with Gasteiger partial charge in [0, 0.05) is 25.7 Å². The van der Waals surface area contributed by atoms with Gasteiger partial charge in [0.15, 0.2) is 16.8 Å². The van der Waals surface area contributed by atoms with Gasteiger partial charge in [-0.15, -0.1) is 0 Å². The molecule has 0 fully saturated rings. The first-order valence-corrected chi connectivity index (χ1v) is 14.8. The molecule has 1 aromatic rings.